The normalized spacial score (nSPS) is 17.2. The van der Waals surface area contributed by atoms with E-state index in [1.54, 1.807) is 0 Å². The summed E-state index contributed by atoms with van der Waals surface area (Å²) in [5.74, 6) is -0.250. The molecular weight excluding hydrogens is 325 g/mol. The van der Waals surface area contributed by atoms with Gasteiger partial charge in [-0.15, -0.1) is 11.8 Å². The number of amides is 1. The average molecular weight is 345 g/mol. The quantitative estimate of drug-likeness (QED) is 0.765. The van der Waals surface area contributed by atoms with Crippen LogP contribution in [0, 0.1) is 5.82 Å². The number of nitrogens with zero attached hydrogens (tertiary/aromatic N) is 2. The number of hydrogen-bond acceptors (Lipinski definition) is 6. The SMILES string of the molecule is CCCCCCOC(=O)Nc1nc(=O)n([C@@H]2CSCO2)cc1F. The minimum atomic E-state index is -0.822. The molecule has 1 aliphatic heterocycles. The molecule has 2 rings (SSSR count). The van der Waals surface area contributed by atoms with Gasteiger partial charge in [-0.25, -0.2) is 14.0 Å². The van der Waals surface area contributed by atoms with Crippen molar-refractivity contribution in [3.8, 4) is 0 Å². The maximum Gasteiger partial charge on any atom is 0.412 e. The second-order valence-electron chi connectivity index (χ2n) is 5.06. The van der Waals surface area contributed by atoms with Crippen LogP contribution in [-0.2, 0) is 9.47 Å². The molecule has 7 nitrogen and oxygen atoms in total. The average Bonchev–Trinajstić information content (AvgIpc) is 3.04. The first kappa shape index (κ1) is 17.7. The molecule has 1 aliphatic rings. The highest BCUT2D eigenvalue weighted by atomic mass is 32.2. The van der Waals surface area contributed by atoms with Crippen LogP contribution in [0.3, 0.4) is 0 Å². The number of nitrogens with one attached hydrogen (secondary N) is 1. The number of unbranched alkanes of at least 4 members (excludes halogenated alkanes) is 3. The number of hydrogen-bond donors (Lipinski definition) is 1. The summed E-state index contributed by atoms with van der Waals surface area (Å²) in [7, 11) is 0. The molecule has 1 aromatic heterocycles. The van der Waals surface area contributed by atoms with Crippen LogP contribution in [0.2, 0.25) is 0 Å². The molecule has 0 aliphatic carbocycles. The maximum atomic E-state index is 14.0. The first-order valence-electron chi connectivity index (χ1n) is 7.53. The van der Waals surface area contributed by atoms with Crippen LogP contribution in [0.4, 0.5) is 15.0 Å². The molecule has 0 saturated carbocycles. The van der Waals surface area contributed by atoms with Gasteiger partial charge in [-0.3, -0.25) is 9.88 Å². The van der Waals surface area contributed by atoms with Crippen LogP contribution in [0.25, 0.3) is 0 Å². The largest absolute Gasteiger partial charge is 0.449 e. The van der Waals surface area contributed by atoms with E-state index >= 15 is 0 Å². The third kappa shape index (κ3) is 5.21. The van der Waals surface area contributed by atoms with E-state index in [0.29, 0.717) is 11.7 Å². The van der Waals surface area contributed by atoms with Crippen molar-refractivity contribution >= 4 is 23.7 Å². The third-order valence-electron chi connectivity index (χ3n) is 3.27. The first-order valence-corrected chi connectivity index (χ1v) is 8.69. The fraction of sp³-hybridized carbons (Fsp3) is 0.643. The van der Waals surface area contributed by atoms with Gasteiger partial charge in [-0.2, -0.15) is 4.98 Å². The Morgan fingerprint density at radius 1 is 1.57 bits per heavy atom. The fourth-order valence-electron chi connectivity index (χ4n) is 2.05. The van der Waals surface area contributed by atoms with E-state index < -0.39 is 29.6 Å². The maximum absolute atomic E-state index is 14.0. The second kappa shape index (κ2) is 8.88. The Balaban J connectivity index is 1.91. The Hall–Kier alpha value is -1.61. The standard InChI is InChI=1S/C14H20FN3O4S/c1-2-3-4-5-6-21-14(20)17-12-10(15)7-18(13(19)16-12)11-8-23-9-22-11/h7,11H,2-6,8-9H2,1H3,(H,16,17,19,20)/t11-/m0/s1. The van der Waals surface area contributed by atoms with Gasteiger partial charge >= 0.3 is 11.8 Å². The van der Waals surface area contributed by atoms with Crippen molar-refractivity contribution in [2.75, 3.05) is 23.6 Å². The Labute approximate surface area is 137 Å². The summed E-state index contributed by atoms with van der Waals surface area (Å²) < 4.78 is 25.3. The predicted molar refractivity (Wildman–Crippen MR) is 85.0 cm³/mol. The molecule has 0 radical (unpaired) electrons. The van der Waals surface area contributed by atoms with E-state index in [9.17, 15) is 14.0 Å². The van der Waals surface area contributed by atoms with E-state index in [2.05, 4.69) is 17.2 Å². The van der Waals surface area contributed by atoms with E-state index in [-0.39, 0.29) is 6.61 Å². The van der Waals surface area contributed by atoms with Gasteiger partial charge in [0.1, 0.15) is 6.23 Å². The predicted octanol–water partition coefficient (Wildman–Crippen LogP) is 2.73. The highest BCUT2D eigenvalue weighted by Crippen LogP contribution is 2.24. The highest BCUT2D eigenvalue weighted by Gasteiger charge is 2.21. The summed E-state index contributed by atoms with van der Waals surface area (Å²) in [5, 5.41) is 2.15. The minimum Gasteiger partial charge on any atom is -0.449 e. The Morgan fingerprint density at radius 2 is 2.39 bits per heavy atom. The van der Waals surface area contributed by atoms with Crippen molar-refractivity contribution in [1.82, 2.24) is 9.55 Å². The molecule has 9 heteroatoms. The van der Waals surface area contributed by atoms with Gasteiger partial charge in [0.2, 0.25) is 0 Å². The number of anilines is 1. The van der Waals surface area contributed by atoms with Crippen LogP contribution in [-0.4, -0.2) is 33.9 Å². The molecule has 0 aromatic carbocycles. The van der Waals surface area contributed by atoms with Crippen molar-refractivity contribution in [1.29, 1.82) is 0 Å². The topological polar surface area (TPSA) is 82.5 Å². The number of rotatable bonds is 7. The van der Waals surface area contributed by atoms with E-state index in [0.717, 1.165) is 36.4 Å². The van der Waals surface area contributed by atoms with Gasteiger partial charge in [-0.05, 0) is 6.42 Å². The van der Waals surface area contributed by atoms with E-state index in [1.165, 1.54) is 11.8 Å². The Bertz CT molecular complexity index is 590. The van der Waals surface area contributed by atoms with Crippen LogP contribution >= 0.6 is 11.8 Å². The van der Waals surface area contributed by atoms with Crippen LogP contribution in [0.1, 0.15) is 38.8 Å². The highest BCUT2D eigenvalue weighted by molar-refractivity contribution is 7.99. The summed E-state index contributed by atoms with van der Waals surface area (Å²) in [5.41, 5.74) is -0.683. The van der Waals surface area contributed by atoms with Crippen molar-refractivity contribution in [3.05, 3.63) is 22.5 Å². The van der Waals surface area contributed by atoms with Gasteiger partial charge in [0.25, 0.3) is 0 Å². The molecular formula is C14H20FN3O4S. The van der Waals surface area contributed by atoms with Crippen LogP contribution in [0.5, 0.6) is 0 Å². The molecule has 0 bridgehead atoms. The first-order chi connectivity index (χ1) is 11.1. The Morgan fingerprint density at radius 3 is 3.09 bits per heavy atom. The summed E-state index contributed by atoms with van der Waals surface area (Å²) in [6.07, 6.45) is 3.50. The zero-order chi connectivity index (χ0) is 16.7. The number of carbonyl (C=O) groups excluding carboxylic acids is 1. The number of carbonyl (C=O) groups is 1. The molecule has 1 aromatic rings. The summed E-state index contributed by atoms with van der Waals surface area (Å²) in [6, 6.07) is 0. The molecule has 1 atom stereocenters. The molecule has 2 heterocycles. The lowest BCUT2D eigenvalue weighted by Gasteiger charge is -2.13. The van der Waals surface area contributed by atoms with Crippen molar-refractivity contribution in [2.45, 2.75) is 38.8 Å². The number of aromatic nitrogens is 2. The molecule has 128 valence electrons. The van der Waals surface area contributed by atoms with E-state index in [1.807, 2.05) is 0 Å². The zero-order valence-electron chi connectivity index (χ0n) is 12.9. The van der Waals surface area contributed by atoms with Gasteiger partial charge in [0, 0.05) is 5.75 Å². The molecule has 1 saturated heterocycles. The molecule has 0 unspecified atom stereocenters. The number of halogens is 1. The molecule has 1 fully saturated rings. The molecule has 23 heavy (non-hydrogen) atoms. The van der Waals surface area contributed by atoms with Crippen molar-refractivity contribution in [3.63, 3.8) is 0 Å². The van der Waals surface area contributed by atoms with Crippen LogP contribution < -0.4 is 11.0 Å². The zero-order valence-corrected chi connectivity index (χ0v) is 13.7. The minimum absolute atomic E-state index is 0.248. The lowest BCUT2D eigenvalue weighted by molar-refractivity contribution is 0.0630. The van der Waals surface area contributed by atoms with Crippen molar-refractivity contribution in [2.24, 2.45) is 0 Å². The molecule has 1 amide bonds. The Kier molecular flexibility index (Phi) is 6.85. The fourth-order valence-corrected chi connectivity index (χ4v) is 2.86. The lowest BCUT2D eigenvalue weighted by Crippen LogP contribution is -2.30. The summed E-state index contributed by atoms with van der Waals surface area (Å²) >= 11 is 1.50. The van der Waals surface area contributed by atoms with Gasteiger partial charge < -0.3 is 9.47 Å². The molecule has 1 N–H and O–H groups in total. The van der Waals surface area contributed by atoms with E-state index in [4.69, 9.17) is 9.47 Å². The second-order valence-corrected chi connectivity index (χ2v) is 6.04. The smallest absolute Gasteiger partial charge is 0.412 e. The van der Waals surface area contributed by atoms with Crippen molar-refractivity contribution < 1.29 is 18.7 Å². The summed E-state index contributed by atoms with van der Waals surface area (Å²) in [4.78, 5) is 27.0. The van der Waals surface area contributed by atoms with Crippen LogP contribution in [0.15, 0.2) is 11.0 Å². The molecule has 0 spiro atoms. The lowest BCUT2D eigenvalue weighted by atomic mass is 10.2. The summed E-state index contributed by atoms with van der Waals surface area (Å²) in [6.45, 7) is 2.33. The number of ether oxygens (including phenoxy) is 2. The third-order valence-corrected chi connectivity index (χ3v) is 4.10. The van der Waals surface area contributed by atoms with Gasteiger partial charge in [0.05, 0.1) is 18.7 Å². The number of thioether (sulfide) groups is 1. The van der Waals surface area contributed by atoms with Gasteiger partial charge in [0.15, 0.2) is 11.6 Å². The monoisotopic (exact) mass is 345 g/mol. The van der Waals surface area contributed by atoms with Gasteiger partial charge in [-0.1, -0.05) is 26.2 Å².